The molecule has 1 saturated heterocycles. The Balaban J connectivity index is 1.65. The summed E-state index contributed by atoms with van der Waals surface area (Å²) in [6, 6.07) is 9.76. The first kappa shape index (κ1) is 14.8. The summed E-state index contributed by atoms with van der Waals surface area (Å²) in [4.78, 5) is 8.54. The van der Waals surface area contributed by atoms with Gasteiger partial charge in [-0.25, -0.2) is 0 Å². The van der Waals surface area contributed by atoms with Gasteiger partial charge in [-0.2, -0.15) is 0 Å². The maximum absolute atomic E-state index is 4.74. The van der Waals surface area contributed by atoms with E-state index in [0.717, 1.165) is 25.0 Å². The Morgan fingerprint density at radius 3 is 2.76 bits per heavy atom. The average molecular weight is 303 g/mol. The van der Waals surface area contributed by atoms with Gasteiger partial charge in [-0.15, -0.1) is 11.8 Å². The second kappa shape index (κ2) is 6.30. The van der Waals surface area contributed by atoms with Crippen molar-refractivity contribution in [2.75, 3.05) is 19.3 Å². The predicted molar refractivity (Wildman–Crippen MR) is 91.0 cm³/mol. The van der Waals surface area contributed by atoms with Gasteiger partial charge in [0.2, 0.25) is 0 Å². The first-order chi connectivity index (χ1) is 10.2. The number of thioether (sulfide) groups is 1. The SMILES string of the molecule is CSc1ccc([C@H](C)NC2=NCC3CCC(C)CN23)cc1. The Bertz CT molecular complexity index is 511. The molecule has 21 heavy (non-hydrogen) atoms. The molecule has 1 aromatic carbocycles. The first-order valence-electron chi connectivity index (χ1n) is 7.89. The zero-order chi connectivity index (χ0) is 14.8. The zero-order valence-electron chi connectivity index (χ0n) is 13.2. The Morgan fingerprint density at radius 1 is 1.29 bits per heavy atom. The minimum absolute atomic E-state index is 0.302. The van der Waals surface area contributed by atoms with Crippen LogP contribution < -0.4 is 5.32 Å². The smallest absolute Gasteiger partial charge is 0.194 e. The molecule has 1 N–H and O–H groups in total. The molecule has 3 atom stereocenters. The standard InChI is InChI=1S/C17H25N3S/c1-12-4-7-15-10-18-17(20(15)11-12)19-13(2)14-5-8-16(21-3)9-6-14/h5-6,8-9,12-13,15H,4,7,10-11H2,1-3H3,(H,18,19)/t12?,13-,15?/m0/s1. The van der Waals surface area contributed by atoms with E-state index in [1.807, 2.05) is 0 Å². The van der Waals surface area contributed by atoms with Crippen LogP contribution in [0, 0.1) is 5.92 Å². The molecule has 0 radical (unpaired) electrons. The molecule has 2 aliphatic rings. The van der Waals surface area contributed by atoms with Gasteiger partial charge in [0, 0.05) is 11.4 Å². The highest BCUT2D eigenvalue weighted by molar-refractivity contribution is 7.98. The highest BCUT2D eigenvalue weighted by atomic mass is 32.2. The normalized spacial score (nSPS) is 26.2. The molecule has 114 valence electrons. The minimum Gasteiger partial charge on any atom is -0.350 e. The number of piperidine rings is 1. The van der Waals surface area contributed by atoms with Crippen molar-refractivity contribution in [3.8, 4) is 0 Å². The van der Waals surface area contributed by atoms with Crippen molar-refractivity contribution in [3.63, 3.8) is 0 Å². The van der Waals surface area contributed by atoms with Crippen LogP contribution in [0.4, 0.5) is 0 Å². The molecule has 2 heterocycles. The Morgan fingerprint density at radius 2 is 2.05 bits per heavy atom. The number of guanidine groups is 1. The van der Waals surface area contributed by atoms with Crippen molar-refractivity contribution in [2.45, 2.75) is 43.7 Å². The van der Waals surface area contributed by atoms with E-state index in [-0.39, 0.29) is 0 Å². The second-order valence-corrected chi connectivity index (χ2v) is 7.17. The average Bonchev–Trinajstić information content (AvgIpc) is 2.89. The lowest BCUT2D eigenvalue weighted by Crippen LogP contribution is -2.48. The Hall–Kier alpha value is -1.16. The van der Waals surface area contributed by atoms with E-state index in [2.05, 4.69) is 54.6 Å². The van der Waals surface area contributed by atoms with E-state index in [0.29, 0.717) is 12.1 Å². The van der Waals surface area contributed by atoms with Crippen LogP contribution in [0.3, 0.4) is 0 Å². The number of hydrogen-bond acceptors (Lipinski definition) is 4. The summed E-state index contributed by atoms with van der Waals surface area (Å²) < 4.78 is 0. The number of benzene rings is 1. The van der Waals surface area contributed by atoms with Gasteiger partial charge in [-0.1, -0.05) is 19.1 Å². The highest BCUT2D eigenvalue weighted by Crippen LogP contribution is 2.26. The zero-order valence-corrected chi connectivity index (χ0v) is 14.0. The number of hydrogen-bond donors (Lipinski definition) is 1. The van der Waals surface area contributed by atoms with Crippen LogP contribution in [0.15, 0.2) is 34.2 Å². The molecule has 4 heteroatoms. The minimum atomic E-state index is 0.302. The van der Waals surface area contributed by atoms with E-state index in [9.17, 15) is 0 Å². The van der Waals surface area contributed by atoms with Gasteiger partial charge < -0.3 is 10.2 Å². The molecule has 0 spiro atoms. The molecule has 0 amide bonds. The summed E-state index contributed by atoms with van der Waals surface area (Å²) in [5.74, 6) is 1.88. The van der Waals surface area contributed by atoms with Gasteiger partial charge in [0.05, 0.1) is 18.6 Å². The lowest BCUT2D eigenvalue weighted by atomic mass is 9.95. The van der Waals surface area contributed by atoms with Crippen molar-refractivity contribution in [2.24, 2.45) is 10.9 Å². The monoisotopic (exact) mass is 303 g/mol. The van der Waals surface area contributed by atoms with Crippen LogP contribution in [0.5, 0.6) is 0 Å². The van der Waals surface area contributed by atoms with Crippen LogP contribution in [-0.4, -0.2) is 36.2 Å². The van der Waals surface area contributed by atoms with Gasteiger partial charge in [0.1, 0.15) is 0 Å². The molecule has 3 rings (SSSR count). The highest BCUT2D eigenvalue weighted by Gasteiger charge is 2.33. The third-order valence-electron chi connectivity index (χ3n) is 4.63. The summed E-state index contributed by atoms with van der Waals surface area (Å²) in [6.07, 6.45) is 4.74. The molecule has 2 unspecified atom stereocenters. The topological polar surface area (TPSA) is 27.6 Å². The maximum Gasteiger partial charge on any atom is 0.194 e. The summed E-state index contributed by atoms with van der Waals surface area (Å²) in [5, 5.41) is 3.62. The van der Waals surface area contributed by atoms with E-state index in [1.54, 1.807) is 11.8 Å². The lowest BCUT2D eigenvalue weighted by Gasteiger charge is -2.36. The van der Waals surface area contributed by atoms with Crippen molar-refractivity contribution >= 4 is 17.7 Å². The van der Waals surface area contributed by atoms with E-state index in [1.165, 1.54) is 23.3 Å². The number of fused-ring (bicyclic) bond motifs is 1. The molecule has 0 aromatic heterocycles. The van der Waals surface area contributed by atoms with E-state index in [4.69, 9.17) is 4.99 Å². The maximum atomic E-state index is 4.74. The first-order valence-corrected chi connectivity index (χ1v) is 9.11. The second-order valence-electron chi connectivity index (χ2n) is 6.29. The number of aliphatic imine (C=N–C) groups is 1. The molecule has 3 nitrogen and oxygen atoms in total. The van der Waals surface area contributed by atoms with Crippen LogP contribution >= 0.6 is 11.8 Å². The molecule has 2 aliphatic heterocycles. The predicted octanol–water partition coefficient (Wildman–Crippen LogP) is 3.53. The third-order valence-corrected chi connectivity index (χ3v) is 5.37. The largest absolute Gasteiger partial charge is 0.350 e. The molecule has 1 aromatic rings. The fourth-order valence-electron chi connectivity index (χ4n) is 3.24. The van der Waals surface area contributed by atoms with Crippen molar-refractivity contribution < 1.29 is 0 Å². The summed E-state index contributed by atoms with van der Waals surface area (Å²) in [5.41, 5.74) is 1.32. The van der Waals surface area contributed by atoms with Gasteiger partial charge >= 0.3 is 0 Å². The molecule has 1 fully saturated rings. The quantitative estimate of drug-likeness (QED) is 0.866. The Labute approximate surface area is 132 Å². The number of rotatable bonds is 3. The van der Waals surface area contributed by atoms with Gasteiger partial charge in [0.15, 0.2) is 5.96 Å². The fraction of sp³-hybridized carbons (Fsp3) is 0.588. The third kappa shape index (κ3) is 3.20. The molecule has 0 bridgehead atoms. The molecule has 0 aliphatic carbocycles. The fourth-order valence-corrected chi connectivity index (χ4v) is 3.65. The van der Waals surface area contributed by atoms with Crippen molar-refractivity contribution in [3.05, 3.63) is 29.8 Å². The van der Waals surface area contributed by atoms with E-state index < -0.39 is 0 Å². The summed E-state index contributed by atoms with van der Waals surface area (Å²) in [6.45, 7) is 6.68. The van der Waals surface area contributed by atoms with Crippen molar-refractivity contribution in [1.82, 2.24) is 10.2 Å². The number of nitrogens with one attached hydrogen (secondary N) is 1. The van der Waals surface area contributed by atoms with Crippen LogP contribution in [0.2, 0.25) is 0 Å². The van der Waals surface area contributed by atoms with Crippen LogP contribution in [-0.2, 0) is 0 Å². The van der Waals surface area contributed by atoms with Crippen LogP contribution in [0.25, 0.3) is 0 Å². The van der Waals surface area contributed by atoms with Gasteiger partial charge in [0.25, 0.3) is 0 Å². The van der Waals surface area contributed by atoms with Gasteiger partial charge in [-0.3, -0.25) is 4.99 Å². The summed E-state index contributed by atoms with van der Waals surface area (Å²) >= 11 is 1.78. The molecule has 0 saturated carbocycles. The van der Waals surface area contributed by atoms with E-state index >= 15 is 0 Å². The molecular weight excluding hydrogens is 278 g/mol. The van der Waals surface area contributed by atoms with Crippen molar-refractivity contribution in [1.29, 1.82) is 0 Å². The lowest BCUT2D eigenvalue weighted by molar-refractivity contribution is 0.210. The van der Waals surface area contributed by atoms with Gasteiger partial charge in [-0.05, 0) is 49.6 Å². The van der Waals surface area contributed by atoms with Crippen LogP contribution in [0.1, 0.15) is 38.3 Å². The Kier molecular flexibility index (Phi) is 4.43. The molecular formula is C17H25N3S. The summed E-state index contributed by atoms with van der Waals surface area (Å²) in [7, 11) is 0. The number of nitrogens with zero attached hydrogens (tertiary/aromatic N) is 2.